The minimum Gasteiger partial charge on any atom is -0.495 e. The molecule has 0 spiro atoms. The lowest BCUT2D eigenvalue weighted by atomic mass is 10.0. The molecule has 10 heteroatoms. The molecule has 1 unspecified atom stereocenters. The Labute approximate surface area is 226 Å². The van der Waals surface area contributed by atoms with Gasteiger partial charge in [-0.25, -0.2) is 0 Å². The van der Waals surface area contributed by atoms with Crippen molar-refractivity contribution in [2.24, 2.45) is 0 Å². The molecule has 0 saturated carbocycles. The van der Waals surface area contributed by atoms with Crippen LogP contribution < -0.4 is 21.1 Å². The van der Waals surface area contributed by atoms with Crippen molar-refractivity contribution in [2.75, 3.05) is 32.5 Å². The molecule has 5 rings (SSSR count). The van der Waals surface area contributed by atoms with E-state index in [4.69, 9.17) is 10.5 Å². The molecule has 0 aromatic heterocycles. The van der Waals surface area contributed by atoms with Crippen LogP contribution in [0.15, 0.2) is 36.4 Å². The highest BCUT2D eigenvalue weighted by Crippen LogP contribution is 2.29. The summed E-state index contributed by atoms with van der Waals surface area (Å²) in [6.45, 7) is 2.38. The van der Waals surface area contributed by atoms with E-state index in [1.807, 2.05) is 6.07 Å². The molecule has 3 heterocycles. The van der Waals surface area contributed by atoms with Crippen molar-refractivity contribution in [3.63, 3.8) is 0 Å². The number of methoxy groups -OCH3 is 1. The predicted octanol–water partition coefficient (Wildman–Crippen LogP) is 1.28. The van der Waals surface area contributed by atoms with Gasteiger partial charge < -0.3 is 20.7 Å². The van der Waals surface area contributed by atoms with E-state index in [9.17, 15) is 19.2 Å². The molecule has 0 aliphatic carbocycles. The lowest BCUT2D eigenvalue weighted by Crippen LogP contribution is -2.52. The fourth-order valence-electron chi connectivity index (χ4n) is 5.39. The second kappa shape index (κ2) is 11.2. The third-order valence-corrected chi connectivity index (χ3v) is 7.44. The molecule has 0 radical (unpaired) electrons. The first-order valence-corrected chi connectivity index (χ1v) is 13.1. The van der Waals surface area contributed by atoms with Crippen LogP contribution in [0, 0.1) is 11.8 Å². The van der Waals surface area contributed by atoms with Gasteiger partial charge in [-0.1, -0.05) is 17.9 Å². The largest absolute Gasteiger partial charge is 0.495 e. The zero-order valence-corrected chi connectivity index (χ0v) is 21.8. The summed E-state index contributed by atoms with van der Waals surface area (Å²) in [6, 6.07) is 9.76. The Balaban J connectivity index is 1.21. The van der Waals surface area contributed by atoms with Crippen LogP contribution in [0.2, 0.25) is 0 Å². The van der Waals surface area contributed by atoms with E-state index in [1.54, 1.807) is 30.3 Å². The fourth-order valence-corrected chi connectivity index (χ4v) is 5.39. The standard InChI is InChI=1S/C29H31N5O5/c1-39-25-15-19(9-10-23(25)30)27(36)31-20-7-4-14-33(16-20)13-3-6-18-5-2-8-21-22(18)17-34(29(21)38)24-11-12-26(35)32-28(24)37/h2,5,8-10,15,20,24H,4,7,11-14,16-17,30H2,1H3,(H,31,36)(H,32,35,37)/t20-,24?/m1/s1. The lowest BCUT2D eigenvalue weighted by Gasteiger charge is -2.31. The van der Waals surface area contributed by atoms with Gasteiger partial charge in [0.2, 0.25) is 11.8 Å². The number of nitrogen functional groups attached to an aromatic ring is 1. The average Bonchev–Trinajstić information content (AvgIpc) is 3.26. The van der Waals surface area contributed by atoms with Crippen LogP contribution in [0.4, 0.5) is 5.69 Å². The highest BCUT2D eigenvalue weighted by atomic mass is 16.5. The Morgan fingerprint density at radius 2 is 2.05 bits per heavy atom. The molecule has 10 nitrogen and oxygen atoms in total. The smallest absolute Gasteiger partial charge is 0.255 e. The van der Waals surface area contributed by atoms with Gasteiger partial charge in [-0.15, -0.1) is 0 Å². The second-order valence-electron chi connectivity index (χ2n) is 10.0. The number of likely N-dealkylation sites (tertiary alicyclic amines) is 1. The number of carbonyl (C=O) groups excluding carboxylic acids is 4. The number of hydrogen-bond acceptors (Lipinski definition) is 7. The minimum absolute atomic E-state index is 0.00253. The quantitative estimate of drug-likeness (QED) is 0.302. The minimum atomic E-state index is -0.654. The first kappa shape index (κ1) is 26.3. The number of amides is 4. The van der Waals surface area contributed by atoms with Crippen molar-refractivity contribution in [1.29, 1.82) is 0 Å². The summed E-state index contributed by atoms with van der Waals surface area (Å²) in [5.41, 5.74) is 8.95. The van der Waals surface area contributed by atoms with Crippen LogP contribution >= 0.6 is 0 Å². The summed E-state index contributed by atoms with van der Waals surface area (Å²) in [5.74, 6) is 5.80. The number of imide groups is 1. The second-order valence-corrected chi connectivity index (χ2v) is 10.0. The van der Waals surface area contributed by atoms with E-state index in [0.717, 1.165) is 30.5 Å². The van der Waals surface area contributed by atoms with Crippen molar-refractivity contribution in [3.8, 4) is 17.6 Å². The number of ether oxygens (including phenoxy) is 1. The molecule has 2 atom stereocenters. The molecule has 4 amide bonds. The normalized spacial score (nSPS) is 21.1. The molecular formula is C29H31N5O5. The van der Waals surface area contributed by atoms with Gasteiger partial charge in [0.05, 0.1) is 19.3 Å². The monoisotopic (exact) mass is 529 g/mol. The maximum absolute atomic E-state index is 13.0. The molecule has 2 saturated heterocycles. The maximum atomic E-state index is 13.0. The van der Waals surface area contributed by atoms with Crippen LogP contribution in [0.3, 0.4) is 0 Å². The van der Waals surface area contributed by atoms with Crippen LogP contribution in [0.25, 0.3) is 0 Å². The highest BCUT2D eigenvalue weighted by molar-refractivity contribution is 6.05. The van der Waals surface area contributed by atoms with Crippen LogP contribution in [-0.2, 0) is 16.1 Å². The number of nitrogens with zero attached hydrogens (tertiary/aromatic N) is 2. The van der Waals surface area contributed by atoms with E-state index in [1.165, 1.54) is 12.0 Å². The molecule has 2 aromatic carbocycles. The van der Waals surface area contributed by atoms with Gasteiger partial charge in [0, 0.05) is 42.2 Å². The van der Waals surface area contributed by atoms with Gasteiger partial charge in [0.25, 0.3) is 11.8 Å². The van der Waals surface area contributed by atoms with Crippen molar-refractivity contribution < 1.29 is 23.9 Å². The number of fused-ring (bicyclic) bond motifs is 1. The Morgan fingerprint density at radius 3 is 2.85 bits per heavy atom. The highest BCUT2D eigenvalue weighted by Gasteiger charge is 2.39. The number of rotatable bonds is 5. The molecule has 3 aliphatic rings. The summed E-state index contributed by atoms with van der Waals surface area (Å²) in [6.07, 6.45) is 2.36. The number of nitrogens with one attached hydrogen (secondary N) is 2. The zero-order valence-electron chi connectivity index (χ0n) is 21.8. The molecular weight excluding hydrogens is 498 g/mol. The van der Waals surface area contributed by atoms with Gasteiger partial charge in [0.1, 0.15) is 11.8 Å². The number of hydrogen-bond donors (Lipinski definition) is 3. The van der Waals surface area contributed by atoms with Crippen molar-refractivity contribution in [1.82, 2.24) is 20.4 Å². The first-order valence-electron chi connectivity index (χ1n) is 13.1. The number of piperidine rings is 2. The van der Waals surface area contributed by atoms with E-state index >= 15 is 0 Å². The van der Waals surface area contributed by atoms with Crippen molar-refractivity contribution in [2.45, 2.75) is 44.3 Å². The molecule has 39 heavy (non-hydrogen) atoms. The van der Waals surface area contributed by atoms with E-state index < -0.39 is 11.9 Å². The molecule has 0 bridgehead atoms. The summed E-state index contributed by atoms with van der Waals surface area (Å²) >= 11 is 0. The molecule has 3 aliphatic heterocycles. The summed E-state index contributed by atoms with van der Waals surface area (Å²) in [4.78, 5) is 53.4. The topological polar surface area (TPSA) is 134 Å². The van der Waals surface area contributed by atoms with Gasteiger partial charge in [-0.05, 0) is 61.7 Å². The van der Waals surface area contributed by atoms with Crippen molar-refractivity contribution >= 4 is 29.3 Å². The van der Waals surface area contributed by atoms with E-state index in [0.29, 0.717) is 48.6 Å². The first-order chi connectivity index (χ1) is 18.8. The number of anilines is 1. The number of nitrogens with two attached hydrogens (primary N) is 1. The molecule has 2 aromatic rings. The number of benzene rings is 2. The maximum Gasteiger partial charge on any atom is 0.255 e. The van der Waals surface area contributed by atoms with Crippen molar-refractivity contribution in [3.05, 3.63) is 58.7 Å². The number of carbonyl (C=O) groups is 4. The Kier molecular flexibility index (Phi) is 7.52. The third-order valence-electron chi connectivity index (χ3n) is 7.44. The summed E-state index contributed by atoms with van der Waals surface area (Å²) in [5, 5.41) is 5.43. The van der Waals surface area contributed by atoms with Gasteiger partial charge >= 0.3 is 0 Å². The van der Waals surface area contributed by atoms with E-state index in [2.05, 4.69) is 27.4 Å². The van der Waals surface area contributed by atoms with Crippen LogP contribution in [0.5, 0.6) is 5.75 Å². The lowest BCUT2D eigenvalue weighted by molar-refractivity contribution is -0.136. The van der Waals surface area contributed by atoms with Gasteiger partial charge in [-0.2, -0.15) is 0 Å². The summed E-state index contributed by atoms with van der Waals surface area (Å²) in [7, 11) is 1.52. The molecule has 4 N–H and O–H groups in total. The van der Waals surface area contributed by atoms with Gasteiger partial charge in [0.15, 0.2) is 0 Å². The van der Waals surface area contributed by atoms with E-state index in [-0.39, 0.29) is 30.2 Å². The molecule has 202 valence electrons. The van der Waals surface area contributed by atoms with Gasteiger partial charge in [-0.3, -0.25) is 29.4 Å². The Hall–Kier alpha value is -4.36. The summed E-state index contributed by atoms with van der Waals surface area (Å²) < 4.78 is 5.22. The average molecular weight is 530 g/mol. The molecule has 2 fully saturated rings. The SMILES string of the molecule is COc1cc(C(=O)N[C@@H]2CCCN(CC#Cc3cccc4c3CN(C3CCC(=O)NC3=O)C4=O)C2)ccc1N. The zero-order chi connectivity index (χ0) is 27.5. The Bertz CT molecular complexity index is 1390. The predicted molar refractivity (Wildman–Crippen MR) is 144 cm³/mol. The van der Waals surface area contributed by atoms with Crippen LogP contribution in [0.1, 0.15) is 57.5 Å². The Morgan fingerprint density at radius 1 is 1.21 bits per heavy atom. The third kappa shape index (κ3) is 5.59. The van der Waals surface area contributed by atoms with Crippen LogP contribution in [-0.4, -0.2) is 72.3 Å². The fraction of sp³-hybridized carbons (Fsp3) is 0.379.